The lowest BCUT2D eigenvalue weighted by molar-refractivity contribution is -0.139. The quantitative estimate of drug-likeness (QED) is 0.0680. The molecule has 2 aromatic carbocycles. The molecule has 1 fully saturated rings. The van der Waals surface area contributed by atoms with Crippen LogP contribution in [0.4, 0.5) is 17.1 Å². The van der Waals surface area contributed by atoms with Crippen LogP contribution < -0.4 is 9.64 Å². The molecule has 0 spiro atoms. The number of amides is 2. The molecular weight excluding hydrogens is 494 g/mol. The van der Waals surface area contributed by atoms with Gasteiger partial charge in [0.2, 0.25) is 11.8 Å². The molecule has 8 nitrogen and oxygen atoms in total. The number of azo groups is 1. The predicted molar refractivity (Wildman–Crippen MR) is 152 cm³/mol. The fourth-order valence-corrected chi connectivity index (χ4v) is 4.18. The molecule has 0 aliphatic carbocycles. The molecule has 1 aliphatic heterocycles. The first-order valence-electron chi connectivity index (χ1n) is 13.9. The Morgan fingerprint density at radius 2 is 1.21 bits per heavy atom. The predicted octanol–water partition coefficient (Wildman–Crippen LogP) is 7.76. The highest BCUT2D eigenvalue weighted by molar-refractivity contribution is 6.19. The van der Waals surface area contributed by atoms with Crippen molar-refractivity contribution in [3.63, 3.8) is 0 Å². The van der Waals surface area contributed by atoms with Crippen molar-refractivity contribution in [2.45, 2.75) is 77.6 Å². The summed E-state index contributed by atoms with van der Waals surface area (Å²) in [7, 11) is 0. The summed E-state index contributed by atoms with van der Waals surface area (Å²) in [5.74, 6) is 0.178. The standard InChI is InChI=1S/C31H39N3O5/c1-24(2)31(37)39-23-11-9-7-5-3-4-6-8-10-22-38-28-18-14-26(15-19-28)33-32-25-12-16-27(17-13-25)34-29(35)20-21-30(34)36/h12-19H,1,3-11,20-23H2,2H3. The third kappa shape index (κ3) is 10.5. The van der Waals surface area contributed by atoms with Crippen molar-refractivity contribution in [3.05, 3.63) is 60.7 Å². The molecule has 0 aromatic heterocycles. The Morgan fingerprint density at radius 3 is 1.72 bits per heavy atom. The maximum absolute atomic E-state index is 11.9. The van der Waals surface area contributed by atoms with E-state index in [4.69, 9.17) is 9.47 Å². The second kappa shape index (κ2) is 16.2. The van der Waals surface area contributed by atoms with Gasteiger partial charge in [0.25, 0.3) is 0 Å². The van der Waals surface area contributed by atoms with E-state index in [1.807, 2.05) is 24.3 Å². The summed E-state index contributed by atoms with van der Waals surface area (Å²) in [6.07, 6.45) is 10.8. The van der Waals surface area contributed by atoms with Gasteiger partial charge < -0.3 is 9.47 Å². The van der Waals surface area contributed by atoms with Crippen molar-refractivity contribution in [1.82, 2.24) is 0 Å². The molecule has 3 rings (SSSR count). The van der Waals surface area contributed by atoms with Crippen molar-refractivity contribution in [3.8, 4) is 5.75 Å². The fraction of sp³-hybridized carbons (Fsp3) is 0.452. The first kappa shape index (κ1) is 29.7. The first-order valence-corrected chi connectivity index (χ1v) is 13.9. The van der Waals surface area contributed by atoms with Crippen LogP contribution in [0.3, 0.4) is 0 Å². The normalized spacial score (nSPS) is 13.3. The molecule has 0 bridgehead atoms. The summed E-state index contributed by atoms with van der Waals surface area (Å²) in [5.41, 5.74) is 2.37. The van der Waals surface area contributed by atoms with Gasteiger partial charge in [-0.05, 0) is 68.3 Å². The molecule has 2 amide bonds. The summed E-state index contributed by atoms with van der Waals surface area (Å²) in [4.78, 5) is 36.2. The number of hydrogen-bond donors (Lipinski definition) is 0. The number of imide groups is 1. The summed E-state index contributed by atoms with van der Waals surface area (Å²) < 4.78 is 10.9. The van der Waals surface area contributed by atoms with E-state index in [1.165, 1.54) is 37.0 Å². The van der Waals surface area contributed by atoms with Crippen LogP contribution in [-0.2, 0) is 19.1 Å². The second-order valence-electron chi connectivity index (χ2n) is 9.78. The van der Waals surface area contributed by atoms with Gasteiger partial charge in [-0.25, -0.2) is 4.79 Å². The number of rotatable bonds is 17. The third-order valence-electron chi connectivity index (χ3n) is 6.42. The van der Waals surface area contributed by atoms with E-state index in [9.17, 15) is 14.4 Å². The fourth-order valence-electron chi connectivity index (χ4n) is 4.18. The maximum atomic E-state index is 11.9. The SMILES string of the molecule is C=C(C)C(=O)OCCCCCCCCCCCOc1ccc(N=Nc2ccc(N3C(=O)CCC3=O)cc2)cc1. The van der Waals surface area contributed by atoms with Gasteiger partial charge in [0.05, 0.1) is 30.3 Å². The van der Waals surface area contributed by atoms with Gasteiger partial charge in [0.1, 0.15) is 5.75 Å². The van der Waals surface area contributed by atoms with E-state index in [0.717, 1.165) is 31.4 Å². The zero-order valence-electron chi connectivity index (χ0n) is 22.9. The number of anilines is 1. The zero-order valence-corrected chi connectivity index (χ0v) is 22.9. The number of nitrogens with zero attached hydrogens (tertiary/aromatic N) is 3. The minimum Gasteiger partial charge on any atom is -0.494 e. The molecule has 8 heteroatoms. The number of carbonyl (C=O) groups excluding carboxylic acids is 3. The average Bonchev–Trinajstić information content (AvgIpc) is 3.28. The van der Waals surface area contributed by atoms with Gasteiger partial charge in [0, 0.05) is 18.4 Å². The molecule has 0 N–H and O–H groups in total. The molecule has 0 saturated carbocycles. The molecule has 208 valence electrons. The molecular formula is C31H39N3O5. The summed E-state index contributed by atoms with van der Waals surface area (Å²) in [5, 5.41) is 8.49. The van der Waals surface area contributed by atoms with E-state index in [-0.39, 0.29) is 30.6 Å². The Balaban J connectivity index is 1.22. The van der Waals surface area contributed by atoms with E-state index in [1.54, 1.807) is 31.2 Å². The van der Waals surface area contributed by atoms with Gasteiger partial charge >= 0.3 is 5.97 Å². The number of esters is 1. The minimum absolute atomic E-state index is 0.169. The average molecular weight is 534 g/mol. The topological polar surface area (TPSA) is 97.6 Å². The van der Waals surface area contributed by atoms with Crippen molar-refractivity contribution < 1.29 is 23.9 Å². The summed E-state index contributed by atoms with van der Waals surface area (Å²) >= 11 is 0. The van der Waals surface area contributed by atoms with Crippen LogP contribution in [-0.4, -0.2) is 31.0 Å². The van der Waals surface area contributed by atoms with Crippen molar-refractivity contribution in [1.29, 1.82) is 0 Å². The lowest BCUT2D eigenvalue weighted by atomic mass is 10.1. The van der Waals surface area contributed by atoms with Crippen LogP contribution in [0.2, 0.25) is 0 Å². The van der Waals surface area contributed by atoms with Crippen LogP contribution in [0.25, 0.3) is 0 Å². The molecule has 1 heterocycles. The van der Waals surface area contributed by atoms with Gasteiger partial charge in [-0.2, -0.15) is 10.2 Å². The van der Waals surface area contributed by atoms with Gasteiger partial charge in [0.15, 0.2) is 0 Å². The van der Waals surface area contributed by atoms with Gasteiger partial charge in [-0.3, -0.25) is 14.5 Å². The van der Waals surface area contributed by atoms with Crippen LogP contribution in [0.5, 0.6) is 5.75 Å². The molecule has 2 aromatic rings. The van der Waals surface area contributed by atoms with Crippen LogP contribution in [0.1, 0.15) is 77.6 Å². The van der Waals surface area contributed by atoms with E-state index in [0.29, 0.717) is 35.8 Å². The molecule has 1 aliphatic rings. The van der Waals surface area contributed by atoms with E-state index in [2.05, 4.69) is 16.8 Å². The Labute approximate surface area is 231 Å². The number of hydrogen-bond acceptors (Lipinski definition) is 7. The lowest BCUT2D eigenvalue weighted by Crippen LogP contribution is -2.28. The van der Waals surface area contributed by atoms with E-state index >= 15 is 0 Å². The lowest BCUT2D eigenvalue weighted by Gasteiger charge is -2.13. The smallest absolute Gasteiger partial charge is 0.333 e. The second-order valence-corrected chi connectivity index (χ2v) is 9.78. The monoisotopic (exact) mass is 533 g/mol. The van der Waals surface area contributed by atoms with Crippen LogP contribution >= 0.6 is 0 Å². The molecule has 0 radical (unpaired) electrons. The number of ether oxygens (including phenoxy) is 2. The first-order chi connectivity index (χ1) is 18.9. The third-order valence-corrected chi connectivity index (χ3v) is 6.42. The van der Waals surface area contributed by atoms with Gasteiger partial charge in [-0.1, -0.05) is 51.5 Å². The minimum atomic E-state index is -0.295. The highest BCUT2D eigenvalue weighted by Gasteiger charge is 2.30. The van der Waals surface area contributed by atoms with E-state index < -0.39 is 0 Å². The number of carbonyl (C=O) groups is 3. The van der Waals surface area contributed by atoms with Crippen molar-refractivity contribution in [2.24, 2.45) is 10.2 Å². The van der Waals surface area contributed by atoms with Crippen molar-refractivity contribution in [2.75, 3.05) is 18.1 Å². The van der Waals surface area contributed by atoms with Gasteiger partial charge in [-0.15, -0.1) is 0 Å². The number of benzene rings is 2. The highest BCUT2D eigenvalue weighted by Crippen LogP contribution is 2.26. The van der Waals surface area contributed by atoms with Crippen molar-refractivity contribution >= 4 is 34.8 Å². The number of unbranched alkanes of at least 4 members (excludes halogenated alkanes) is 8. The summed E-state index contributed by atoms with van der Waals surface area (Å²) in [6.45, 7) is 6.42. The Hall–Kier alpha value is -3.81. The largest absolute Gasteiger partial charge is 0.494 e. The molecule has 1 saturated heterocycles. The summed E-state index contributed by atoms with van der Waals surface area (Å²) in [6, 6.07) is 14.4. The van der Waals surface area contributed by atoms with Crippen LogP contribution in [0.15, 0.2) is 70.9 Å². The maximum Gasteiger partial charge on any atom is 0.333 e. The molecule has 0 unspecified atom stereocenters. The highest BCUT2D eigenvalue weighted by atomic mass is 16.5. The Morgan fingerprint density at radius 1 is 0.744 bits per heavy atom. The van der Waals surface area contributed by atoms with Crippen LogP contribution in [0, 0.1) is 0 Å². The molecule has 39 heavy (non-hydrogen) atoms. The zero-order chi connectivity index (χ0) is 27.9. The Bertz CT molecular complexity index is 1110. The molecule has 0 atom stereocenters. The Kier molecular flexibility index (Phi) is 12.4.